The average Bonchev–Trinajstić information content (AvgIpc) is 2.61. The summed E-state index contributed by atoms with van der Waals surface area (Å²) in [6.07, 6.45) is 1.74. The summed E-state index contributed by atoms with van der Waals surface area (Å²) in [5.74, 6) is -0.186. The first-order valence-corrected chi connectivity index (χ1v) is 8.49. The van der Waals surface area contributed by atoms with Crippen LogP contribution in [0.25, 0.3) is 0 Å². The smallest absolute Gasteiger partial charge is 0.274 e. The van der Waals surface area contributed by atoms with Crippen LogP contribution in [0.15, 0.2) is 47.3 Å². The van der Waals surface area contributed by atoms with Crippen LogP contribution in [0.3, 0.4) is 0 Å². The summed E-state index contributed by atoms with van der Waals surface area (Å²) < 4.78 is 5.98. The molecule has 6 nitrogen and oxygen atoms in total. The minimum atomic E-state index is -0.419. The number of amides is 1. The van der Waals surface area contributed by atoms with Crippen molar-refractivity contribution < 1.29 is 9.53 Å². The molecule has 2 heterocycles. The summed E-state index contributed by atoms with van der Waals surface area (Å²) in [6.45, 7) is 4.94. The Kier molecular flexibility index (Phi) is 4.99. The molecule has 1 aromatic heterocycles. The molecule has 0 saturated carbocycles. The zero-order valence-corrected chi connectivity index (χ0v) is 14.6. The fourth-order valence-electron chi connectivity index (χ4n) is 3.01. The van der Waals surface area contributed by atoms with E-state index < -0.39 is 5.54 Å². The number of aromatic amines is 1. The van der Waals surface area contributed by atoms with Crippen LogP contribution >= 0.6 is 0 Å². The molecule has 1 aliphatic rings. The van der Waals surface area contributed by atoms with E-state index in [4.69, 9.17) is 4.74 Å². The summed E-state index contributed by atoms with van der Waals surface area (Å²) in [4.78, 5) is 25.8. The third-order valence-corrected chi connectivity index (χ3v) is 4.53. The van der Waals surface area contributed by atoms with E-state index in [9.17, 15) is 9.59 Å². The Balaban J connectivity index is 1.69. The maximum Gasteiger partial charge on any atom is 0.274 e. The monoisotopic (exact) mass is 341 g/mol. The van der Waals surface area contributed by atoms with Gasteiger partial charge < -0.3 is 9.64 Å². The molecule has 132 valence electrons. The first kappa shape index (κ1) is 17.4. The summed E-state index contributed by atoms with van der Waals surface area (Å²) in [5.41, 5.74) is 0.768. The largest absolute Gasteiger partial charge is 0.374 e. The normalized spacial score (nSPS) is 19.6. The molecule has 3 rings (SSSR count). The summed E-state index contributed by atoms with van der Waals surface area (Å²) in [7, 11) is 0. The van der Waals surface area contributed by atoms with Crippen molar-refractivity contribution in [3.8, 4) is 0 Å². The highest BCUT2D eigenvalue weighted by molar-refractivity contribution is 5.92. The second-order valence-corrected chi connectivity index (χ2v) is 6.99. The van der Waals surface area contributed by atoms with E-state index >= 15 is 0 Å². The quantitative estimate of drug-likeness (QED) is 0.923. The molecule has 1 amide bonds. The van der Waals surface area contributed by atoms with Crippen LogP contribution in [0.1, 0.15) is 36.3 Å². The Labute approximate surface area is 146 Å². The minimum absolute atomic E-state index is 0.0139. The van der Waals surface area contributed by atoms with E-state index in [-0.39, 0.29) is 23.3 Å². The maximum atomic E-state index is 12.8. The van der Waals surface area contributed by atoms with Crippen LogP contribution in [0, 0.1) is 0 Å². The average molecular weight is 341 g/mol. The molecule has 1 aliphatic heterocycles. The predicted octanol–water partition coefficient (Wildman–Crippen LogP) is 2.02. The van der Waals surface area contributed by atoms with Crippen LogP contribution in [0.4, 0.5) is 0 Å². The summed E-state index contributed by atoms with van der Waals surface area (Å²) in [5, 5.41) is 6.19. The number of rotatable bonds is 4. The Hall–Kier alpha value is -2.47. The van der Waals surface area contributed by atoms with Gasteiger partial charge in [0, 0.05) is 12.6 Å². The van der Waals surface area contributed by atoms with Crippen LogP contribution < -0.4 is 5.56 Å². The number of hydrogen-bond donors (Lipinski definition) is 1. The highest BCUT2D eigenvalue weighted by Gasteiger charge is 2.38. The van der Waals surface area contributed by atoms with Gasteiger partial charge in [0.15, 0.2) is 0 Å². The lowest BCUT2D eigenvalue weighted by molar-refractivity contribution is -0.0851. The highest BCUT2D eigenvalue weighted by Crippen LogP contribution is 2.25. The number of nitrogens with zero attached hydrogens (tertiary/aromatic N) is 2. The predicted molar refractivity (Wildman–Crippen MR) is 94.5 cm³/mol. The first-order chi connectivity index (χ1) is 12.0. The van der Waals surface area contributed by atoms with Gasteiger partial charge in [-0.3, -0.25) is 9.59 Å². The fourth-order valence-corrected chi connectivity index (χ4v) is 3.01. The topological polar surface area (TPSA) is 75.3 Å². The Bertz CT molecular complexity index is 766. The molecule has 25 heavy (non-hydrogen) atoms. The number of aromatic nitrogens is 2. The van der Waals surface area contributed by atoms with Gasteiger partial charge in [0.1, 0.15) is 5.69 Å². The second kappa shape index (κ2) is 7.19. The van der Waals surface area contributed by atoms with Gasteiger partial charge in [-0.15, -0.1) is 0 Å². The third kappa shape index (κ3) is 4.14. The molecule has 1 saturated heterocycles. The highest BCUT2D eigenvalue weighted by atomic mass is 16.5. The fraction of sp³-hybridized carbons (Fsp3) is 0.421. The number of carbonyl (C=O) groups is 1. The van der Waals surface area contributed by atoms with Crippen LogP contribution in [-0.4, -0.2) is 45.8 Å². The molecule has 0 spiro atoms. The molecular weight excluding hydrogens is 318 g/mol. The van der Waals surface area contributed by atoms with Gasteiger partial charge in [0.25, 0.3) is 11.5 Å². The van der Waals surface area contributed by atoms with Crippen molar-refractivity contribution in [2.24, 2.45) is 0 Å². The number of morpholine rings is 1. The van der Waals surface area contributed by atoms with Crippen molar-refractivity contribution in [3.05, 3.63) is 64.1 Å². The zero-order valence-electron chi connectivity index (χ0n) is 14.6. The van der Waals surface area contributed by atoms with Crippen LogP contribution in [0.5, 0.6) is 0 Å². The van der Waals surface area contributed by atoms with Crippen molar-refractivity contribution in [2.45, 2.75) is 38.3 Å². The molecular formula is C19H23N3O3. The molecule has 2 aromatic rings. The standard InChI is InChI=1S/C19H23N3O3/c1-19(2)13-25-15(9-8-14-6-4-3-5-7-14)12-22(19)18(24)16-10-11-17(23)21-20-16/h3-7,10-11,15H,8-9,12-13H2,1-2H3,(H,21,23). The second-order valence-electron chi connectivity index (χ2n) is 6.99. The van der Waals surface area contributed by atoms with Crippen molar-refractivity contribution in [3.63, 3.8) is 0 Å². The number of hydrogen-bond acceptors (Lipinski definition) is 4. The summed E-state index contributed by atoms with van der Waals surface area (Å²) >= 11 is 0. The van der Waals surface area contributed by atoms with Gasteiger partial charge in [-0.2, -0.15) is 5.10 Å². The van der Waals surface area contributed by atoms with E-state index in [1.54, 1.807) is 4.90 Å². The minimum Gasteiger partial charge on any atom is -0.374 e. The molecule has 0 aliphatic carbocycles. The van der Waals surface area contributed by atoms with Gasteiger partial charge in [0.05, 0.1) is 18.2 Å². The van der Waals surface area contributed by atoms with E-state index in [1.807, 2.05) is 32.0 Å². The lowest BCUT2D eigenvalue weighted by atomic mass is 9.97. The number of aryl methyl sites for hydroxylation is 1. The third-order valence-electron chi connectivity index (χ3n) is 4.53. The lowest BCUT2D eigenvalue weighted by Gasteiger charge is -2.45. The van der Waals surface area contributed by atoms with Gasteiger partial charge in [-0.05, 0) is 38.3 Å². The molecule has 0 radical (unpaired) electrons. The molecule has 0 bridgehead atoms. The van der Waals surface area contributed by atoms with Crippen LogP contribution in [-0.2, 0) is 11.2 Å². The van der Waals surface area contributed by atoms with Crippen molar-refractivity contribution >= 4 is 5.91 Å². The maximum absolute atomic E-state index is 12.8. The van der Waals surface area contributed by atoms with Gasteiger partial charge in [-0.25, -0.2) is 5.10 Å². The molecule has 6 heteroatoms. The van der Waals surface area contributed by atoms with Gasteiger partial charge >= 0.3 is 0 Å². The van der Waals surface area contributed by atoms with E-state index in [1.165, 1.54) is 17.7 Å². The van der Waals surface area contributed by atoms with E-state index in [0.29, 0.717) is 13.2 Å². The Morgan fingerprint density at radius 1 is 1.28 bits per heavy atom. The van der Waals surface area contributed by atoms with E-state index in [2.05, 4.69) is 22.3 Å². The number of nitrogens with one attached hydrogen (secondary N) is 1. The lowest BCUT2D eigenvalue weighted by Crippen LogP contribution is -2.58. The molecule has 1 aromatic carbocycles. The number of H-pyrrole nitrogens is 1. The number of benzene rings is 1. The molecule has 1 unspecified atom stereocenters. The van der Waals surface area contributed by atoms with Gasteiger partial charge in [-0.1, -0.05) is 30.3 Å². The van der Waals surface area contributed by atoms with Gasteiger partial charge in [0.2, 0.25) is 0 Å². The molecule has 1 N–H and O–H groups in total. The van der Waals surface area contributed by atoms with E-state index in [0.717, 1.165) is 12.8 Å². The Morgan fingerprint density at radius 3 is 2.72 bits per heavy atom. The number of ether oxygens (including phenoxy) is 1. The van der Waals surface area contributed by atoms with Crippen molar-refractivity contribution in [2.75, 3.05) is 13.2 Å². The van der Waals surface area contributed by atoms with Crippen molar-refractivity contribution in [1.82, 2.24) is 15.1 Å². The number of carbonyl (C=O) groups excluding carboxylic acids is 1. The summed E-state index contributed by atoms with van der Waals surface area (Å²) in [6, 6.07) is 13.0. The molecule has 1 fully saturated rings. The van der Waals surface area contributed by atoms with Crippen LogP contribution in [0.2, 0.25) is 0 Å². The molecule has 1 atom stereocenters. The zero-order chi connectivity index (χ0) is 17.9. The first-order valence-electron chi connectivity index (χ1n) is 8.49. The van der Waals surface area contributed by atoms with Crippen molar-refractivity contribution in [1.29, 1.82) is 0 Å². The Morgan fingerprint density at radius 2 is 2.04 bits per heavy atom. The SMILES string of the molecule is CC1(C)COC(CCc2ccccc2)CN1C(=O)c1ccc(=O)[nH]n1.